The highest BCUT2D eigenvalue weighted by Gasteiger charge is 2.06. The summed E-state index contributed by atoms with van der Waals surface area (Å²) in [5, 5.41) is 4.02. The van der Waals surface area contributed by atoms with Gasteiger partial charge in [0, 0.05) is 12.0 Å². The molecule has 0 N–H and O–H groups in total. The van der Waals surface area contributed by atoms with Crippen LogP contribution in [0.4, 0.5) is 0 Å². The molecule has 1 aromatic heterocycles. The van der Waals surface area contributed by atoms with Crippen LogP contribution in [0, 0.1) is 6.92 Å². The van der Waals surface area contributed by atoms with Gasteiger partial charge in [-0.3, -0.25) is 4.79 Å². The molecular formula is C13H12OS. The molecule has 0 atom stereocenters. The number of hydrogen-bond acceptors (Lipinski definition) is 2. The van der Waals surface area contributed by atoms with E-state index in [-0.39, 0.29) is 5.78 Å². The maximum absolute atomic E-state index is 11.9. The third-order valence-corrected chi connectivity index (χ3v) is 3.02. The van der Waals surface area contributed by atoms with Gasteiger partial charge in [0.1, 0.15) is 0 Å². The smallest absolute Gasteiger partial charge is 0.167 e. The molecule has 76 valence electrons. The zero-order chi connectivity index (χ0) is 10.7. The fourth-order valence-electron chi connectivity index (χ4n) is 1.50. The maximum atomic E-state index is 11.9. The summed E-state index contributed by atoms with van der Waals surface area (Å²) in [7, 11) is 0. The number of aryl methyl sites for hydroxylation is 1. The SMILES string of the molecule is Cc1cccc(C(=O)Cc2ccsc2)c1. The van der Waals surface area contributed by atoms with Crippen LogP contribution in [0.25, 0.3) is 0 Å². The molecule has 0 fully saturated rings. The van der Waals surface area contributed by atoms with Crippen LogP contribution < -0.4 is 0 Å². The van der Waals surface area contributed by atoms with E-state index in [1.807, 2.05) is 48.0 Å². The van der Waals surface area contributed by atoms with Crippen LogP contribution in [0.2, 0.25) is 0 Å². The Balaban J connectivity index is 2.15. The second-order valence-electron chi connectivity index (χ2n) is 3.60. The van der Waals surface area contributed by atoms with Crippen molar-refractivity contribution in [2.75, 3.05) is 0 Å². The van der Waals surface area contributed by atoms with Crippen molar-refractivity contribution < 1.29 is 4.79 Å². The molecule has 0 saturated heterocycles. The summed E-state index contributed by atoms with van der Waals surface area (Å²) in [6, 6.07) is 9.74. The highest BCUT2D eigenvalue weighted by Crippen LogP contribution is 2.11. The topological polar surface area (TPSA) is 17.1 Å². The van der Waals surface area contributed by atoms with E-state index >= 15 is 0 Å². The zero-order valence-electron chi connectivity index (χ0n) is 8.57. The van der Waals surface area contributed by atoms with Crippen LogP contribution >= 0.6 is 11.3 Å². The Morgan fingerprint density at radius 2 is 2.20 bits per heavy atom. The molecule has 0 unspecified atom stereocenters. The molecular weight excluding hydrogens is 204 g/mol. The van der Waals surface area contributed by atoms with Gasteiger partial charge in [0.2, 0.25) is 0 Å². The summed E-state index contributed by atoms with van der Waals surface area (Å²) in [5.74, 6) is 0.192. The van der Waals surface area contributed by atoms with E-state index in [0.717, 1.165) is 16.7 Å². The molecule has 15 heavy (non-hydrogen) atoms. The van der Waals surface area contributed by atoms with Crippen molar-refractivity contribution in [2.45, 2.75) is 13.3 Å². The van der Waals surface area contributed by atoms with Crippen LogP contribution in [0.5, 0.6) is 0 Å². The predicted molar refractivity (Wildman–Crippen MR) is 63.5 cm³/mol. The van der Waals surface area contributed by atoms with Gasteiger partial charge in [0.15, 0.2) is 5.78 Å². The second-order valence-corrected chi connectivity index (χ2v) is 4.38. The van der Waals surface area contributed by atoms with Crippen LogP contribution in [0.1, 0.15) is 21.5 Å². The van der Waals surface area contributed by atoms with Gasteiger partial charge in [-0.1, -0.05) is 23.8 Å². The zero-order valence-corrected chi connectivity index (χ0v) is 9.38. The third-order valence-electron chi connectivity index (χ3n) is 2.28. The van der Waals surface area contributed by atoms with Crippen LogP contribution in [-0.2, 0) is 6.42 Å². The van der Waals surface area contributed by atoms with Crippen molar-refractivity contribution in [2.24, 2.45) is 0 Å². The molecule has 2 aromatic rings. The molecule has 2 heteroatoms. The van der Waals surface area contributed by atoms with Crippen molar-refractivity contribution in [1.29, 1.82) is 0 Å². The first-order chi connectivity index (χ1) is 7.25. The monoisotopic (exact) mass is 216 g/mol. The van der Waals surface area contributed by atoms with E-state index in [9.17, 15) is 4.79 Å². The Morgan fingerprint density at radius 1 is 1.33 bits per heavy atom. The molecule has 0 spiro atoms. The van der Waals surface area contributed by atoms with Gasteiger partial charge in [-0.25, -0.2) is 0 Å². The van der Waals surface area contributed by atoms with Crippen molar-refractivity contribution in [3.05, 3.63) is 57.8 Å². The highest BCUT2D eigenvalue weighted by molar-refractivity contribution is 7.08. The summed E-state index contributed by atoms with van der Waals surface area (Å²) < 4.78 is 0. The van der Waals surface area contributed by atoms with E-state index in [0.29, 0.717) is 6.42 Å². The van der Waals surface area contributed by atoms with Gasteiger partial charge < -0.3 is 0 Å². The molecule has 0 aliphatic rings. The van der Waals surface area contributed by atoms with E-state index in [1.54, 1.807) is 11.3 Å². The third kappa shape index (κ3) is 2.54. The van der Waals surface area contributed by atoms with Crippen molar-refractivity contribution in [3.63, 3.8) is 0 Å². The van der Waals surface area contributed by atoms with E-state index in [2.05, 4.69) is 0 Å². The summed E-state index contributed by atoms with van der Waals surface area (Å²) >= 11 is 1.63. The fraction of sp³-hybridized carbons (Fsp3) is 0.154. The number of hydrogen-bond donors (Lipinski definition) is 0. The Hall–Kier alpha value is -1.41. The molecule has 1 nitrogen and oxygen atoms in total. The number of rotatable bonds is 3. The number of Topliss-reactive ketones (excluding diaryl/α,β-unsaturated/α-hetero) is 1. The lowest BCUT2D eigenvalue weighted by Gasteiger charge is -2.00. The minimum absolute atomic E-state index is 0.192. The summed E-state index contributed by atoms with van der Waals surface area (Å²) in [5.41, 5.74) is 3.04. The highest BCUT2D eigenvalue weighted by atomic mass is 32.1. The average molecular weight is 216 g/mol. The van der Waals surface area contributed by atoms with Gasteiger partial charge in [0.25, 0.3) is 0 Å². The number of benzene rings is 1. The number of thiophene rings is 1. The Morgan fingerprint density at radius 3 is 2.87 bits per heavy atom. The summed E-state index contributed by atoms with van der Waals surface area (Å²) in [6.45, 7) is 2.00. The molecule has 0 aliphatic heterocycles. The first kappa shape index (κ1) is 10.1. The van der Waals surface area contributed by atoms with Gasteiger partial charge >= 0.3 is 0 Å². The van der Waals surface area contributed by atoms with E-state index < -0.39 is 0 Å². The fourth-order valence-corrected chi connectivity index (χ4v) is 2.17. The normalized spacial score (nSPS) is 10.2. The first-order valence-electron chi connectivity index (χ1n) is 4.86. The molecule has 0 radical (unpaired) electrons. The quantitative estimate of drug-likeness (QED) is 0.718. The minimum Gasteiger partial charge on any atom is -0.294 e. The lowest BCUT2D eigenvalue weighted by atomic mass is 10.0. The van der Waals surface area contributed by atoms with Gasteiger partial charge in [-0.2, -0.15) is 11.3 Å². The number of carbonyl (C=O) groups excluding carboxylic acids is 1. The molecule has 2 rings (SSSR count). The Kier molecular flexibility index (Phi) is 2.97. The summed E-state index contributed by atoms with van der Waals surface area (Å²) in [6.07, 6.45) is 0.507. The largest absolute Gasteiger partial charge is 0.294 e. The summed E-state index contributed by atoms with van der Waals surface area (Å²) in [4.78, 5) is 11.9. The van der Waals surface area contributed by atoms with Gasteiger partial charge in [-0.05, 0) is 35.4 Å². The maximum Gasteiger partial charge on any atom is 0.167 e. The molecule has 0 amide bonds. The second kappa shape index (κ2) is 4.41. The van der Waals surface area contributed by atoms with Gasteiger partial charge in [-0.15, -0.1) is 0 Å². The van der Waals surface area contributed by atoms with E-state index in [1.165, 1.54) is 0 Å². The van der Waals surface area contributed by atoms with Crippen molar-refractivity contribution in [1.82, 2.24) is 0 Å². The van der Waals surface area contributed by atoms with Crippen LogP contribution in [0.15, 0.2) is 41.1 Å². The standard InChI is InChI=1S/C13H12OS/c1-10-3-2-4-12(7-10)13(14)8-11-5-6-15-9-11/h2-7,9H,8H2,1H3. The van der Waals surface area contributed by atoms with Gasteiger partial charge in [0.05, 0.1) is 0 Å². The first-order valence-corrected chi connectivity index (χ1v) is 5.81. The lowest BCUT2D eigenvalue weighted by molar-refractivity contribution is 0.0993. The average Bonchev–Trinajstić information content (AvgIpc) is 2.70. The number of carbonyl (C=O) groups is 1. The molecule has 0 bridgehead atoms. The number of ketones is 1. The van der Waals surface area contributed by atoms with Crippen molar-refractivity contribution in [3.8, 4) is 0 Å². The van der Waals surface area contributed by atoms with E-state index in [4.69, 9.17) is 0 Å². The Bertz CT molecular complexity index is 457. The van der Waals surface area contributed by atoms with Crippen LogP contribution in [-0.4, -0.2) is 5.78 Å². The molecule has 0 saturated carbocycles. The van der Waals surface area contributed by atoms with Crippen LogP contribution in [0.3, 0.4) is 0 Å². The predicted octanol–water partition coefficient (Wildman–Crippen LogP) is 3.48. The molecule has 1 aromatic carbocycles. The molecule has 1 heterocycles. The molecule has 0 aliphatic carbocycles. The minimum atomic E-state index is 0.192. The lowest BCUT2D eigenvalue weighted by Crippen LogP contribution is -2.02. The van der Waals surface area contributed by atoms with Crippen molar-refractivity contribution >= 4 is 17.1 Å². The Labute approximate surface area is 93.4 Å².